The van der Waals surface area contributed by atoms with Crippen LogP contribution in [0.1, 0.15) is 24.8 Å². The molecule has 1 N–H and O–H groups in total. The quantitative estimate of drug-likeness (QED) is 0.844. The van der Waals surface area contributed by atoms with Gasteiger partial charge in [0.1, 0.15) is 0 Å². The van der Waals surface area contributed by atoms with Crippen LogP contribution in [0.3, 0.4) is 0 Å². The zero-order valence-corrected chi connectivity index (χ0v) is 10.3. The zero-order chi connectivity index (χ0) is 11.6. The molecule has 2 heteroatoms. The molecule has 3 rings (SSSR count). The van der Waals surface area contributed by atoms with E-state index >= 15 is 0 Å². The van der Waals surface area contributed by atoms with Gasteiger partial charge >= 0.3 is 0 Å². The molecular formula is C15H21NO. The summed E-state index contributed by atoms with van der Waals surface area (Å²) >= 11 is 0. The second-order valence-corrected chi connectivity index (χ2v) is 5.50. The van der Waals surface area contributed by atoms with E-state index in [2.05, 4.69) is 35.6 Å². The van der Waals surface area contributed by atoms with E-state index in [1.807, 2.05) is 0 Å². The molecule has 0 radical (unpaired) electrons. The maximum atomic E-state index is 6.13. The van der Waals surface area contributed by atoms with Gasteiger partial charge in [-0.3, -0.25) is 0 Å². The molecule has 1 aromatic carbocycles. The standard InChI is InChI=1S/C15H21NO/c1-2-4-13(5-3-1)10-14-11-15(17-12-14)6-8-16-9-7-15/h1-5,14,16H,6-12H2. The van der Waals surface area contributed by atoms with Gasteiger partial charge in [0.05, 0.1) is 12.2 Å². The number of rotatable bonds is 2. The Morgan fingerprint density at radius 3 is 2.71 bits per heavy atom. The first kappa shape index (κ1) is 11.2. The lowest BCUT2D eigenvalue weighted by atomic mass is 9.84. The first-order valence-corrected chi connectivity index (χ1v) is 6.75. The minimum Gasteiger partial charge on any atom is -0.375 e. The average Bonchev–Trinajstić information content (AvgIpc) is 2.74. The summed E-state index contributed by atoms with van der Waals surface area (Å²) in [4.78, 5) is 0. The molecule has 2 nitrogen and oxygen atoms in total. The van der Waals surface area contributed by atoms with Crippen LogP contribution in [0.5, 0.6) is 0 Å². The van der Waals surface area contributed by atoms with Crippen molar-refractivity contribution in [3.05, 3.63) is 35.9 Å². The number of hydrogen-bond donors (Lipinski definition) is 1. The smallest absolute Gasteiger partial charge is 0.0710 e. The van der Waals surface area contributed by atoms with Crippen molar-refractivity contribution in [2.24, 2.45) is 5.92 Å². The lowest BCUT2D eigenvalue weighted by Gasteiger charge is -2.33. The normalized spacial score (nSPS) is 27.4. The molecule has 2 fully saturated rings. The van der Waals surface area contributed by atoms with Crippen LogP contribution < -0.4 is 5.32 Å². The van der Waals surface area contributed by atoms with Crippen LogP contribution in [0.15, 0.2) is 30.3 Å². The van der Waals surface area contributed by atoms with E-state index in [4.69, 9.17) is 4.74 Å². The number of hydrogen-bond acceptors (Lipinski definition) is 2. The molecule has 92 valence electrons. The molecule has 1 atom stereocenters. The fourth-order valence-corrected chi connectivity index (χ4v) is 3.25. The molecule has 17 heavy (non-hydrogen) atoms. The average molecular weight is 231 g/mol. The third kappa shape index (κ3) is 2.53. The van der Waals surface area contributed by atoms with Crippen LogP contribution in [0, 0.1) is 5.92 Å². The van der Waals surface area contributed by atoms with E-state index < -0.39 is 0 Å². The first-order chi connectivity index (χ1) is 8.36. The fourth-order valence-electron chi connectivity index (χ4n) is 3.25. The molecule has 2 saturated heterocycles. The van der Waals surface area contributed by atoms with Crippen molar-refractivity contribution >= 4 is 0 Å². The summed E-state index contributed by atoms with van der Waals surface area (Å²) in [7, 11) is 0. The third-order valence-electron chi connectivity index (χ3n) is 4.17. The molecule has 2 aliphatic rings. The fraction of sp³-hybridized carbons (Fsp3) is 0.600. The molecule has 2 aliphatic heterocycles. The second-order valence-electron chi connectivity index (χ2n) is 5.50. The van der Waals surface area contributed by atoms with Crippen molar-refractivity contribution in [2.75, 3.05) is 19.7 Å². The monoisotopic (exact) mass is 231 g/mol. The Hall–Kier alpha value is -0.860. The summed E-state index contributed by atoms with van der Waals surface area (Å²) in [5, 5.41) is 3.42. The summed E-state index contributed by atoms with van der Waals surface area (Å²) < 4.78 is 6.13. The van der Waals surface area contributed by atoms with E-state index in [0.717, 1.165) is 25.6 Å². The lowest BCUT2D eigenvalue weighted by Crippen LogP contribution is -2.41. The van der Waals surface area contributed by atoms with Crippen LogP contribution >= 0.6 is 0 Å². The Balaban J connectivity index is 1.60. The van der Waals surface area contributed by atoms with E-state index in [0.29, 0.717) is 0 Å². The van der Waals surface area contributed by atoms with E-state index in [1.165, 1.54) is 31.2 Å². The van der Waals surface area contributed by atoms with Gasteiger partial charge < -0.3 is 10.1 Å². The Morgan fingerprint density at radius 1 is 1.18 bits per heavy atom. The van der Waals surface area contributed by atoms with E-state index in [-0.39, 0.29) is 5.60 Å². The molecule has 1 spiro atoms. The molecule has 1 aromatic rings. The summed E-state index contributed by atoms with van der Waals surface area (Å²) in [5.41, 5.74) is 1.66. The summed E-state index contributed by atoms with van der Waals surface area (Å²) in [5.74, 6) is 0.718. The Kier molecular flexibility index (Phi) is 3.17. The van der Waals surface area contributed by atoms with Gasteiger partial charge in [-0.2, -0.15) is 0 Å². The predicted octanol–water partition coefficient (Wildman–Crippen LogP) is 2.39. The van der Waals surface area contributed by atoms with Crippen molar-refractivity contribution in [3.8, 4) is 0 Å². The van der Waals surface area contributed by atoms with Gasteiger partial charge in [-0.15, -0.1) is 0 Å². The van der Waals surface area contributed by atoms with Crippen LogP contribution in [0.2, 0.25) is 0 Å². The molecule has 0 aliphatic carbocycles. The van der Waals surface area contributed by atoms with E-state index in [1.54, 1.807) is 0 Å². The summed E-state index contributed by atoms with van der Waals surface area (Å²) in [6.45, 7) is 3.20. The van der Waals surface area contributed by atoms with Gasteiger partial charge in [-0.25, -0.2) is 0 Å². The van der Waals surface area contributed by atoms with Gasteiger partial charge in [0, 0.05) is 0 Å². The van der Waals surface area contributed by atoms with Crippen molar-refractivity contribution in [1.29, 1.82) is 0 Å². The first-order valence-electron chi connectivity index (χ1n) is 6.75. The van der Waals surface area contributed by atoms with Crippen LogP contribution in [0.4, 0.5) is 0 Å². The third-order valence-corrected chi connectivity index (χ3v) is 4.17. The number of benzene rings is 1. The van der Waals surface area contributed by atoms with Crippen molar-refractivity contribution in [1.82, 2.24) is 5.32 Å². The number of ether oxygens (including phenoxy) is 1. The topological polar surface area (TPSA) is 21.3 Å². The summed E-state index contributed by atoms with van der Waals surface area (Å²) in [6, 6.07) is 10.8. The molecule has 2 heterocycles. The predicted molar refractivity (Wildman–Crippen MR) is 69.0 cm³/mol. The zero-order valence-electron chi connectivity index (χ0n) is 10.3. The van der Waals surface area contributed by atoms with Gasteiger partial charge in [0.2, 0.25) is 0 Å². The number of piperidine rings is 1. The molecule has 0 aromatic heterocycles. The minimum absolute atomic E-state index is 0.213. The highest BCUT2D eigenvalue weighted by atomic mass is 16.5. The Labute approximate surface area is 103 Å². The van der Waals surface area contributed by atoms with Crippen LogP contribution in [-0.2, 0) is 11.2 Å². The van der Waals surface area contributed by atoms with Crippen LogP contribution in [-0.4, -0.2) is 25.3 Å². The Morgan fingerprint density at radius 2 is 1.94 bits per heavy atom. The summed E-state index contributed by atoms with van der Waals surface area (Å²) in [6.07, 6.45) is 4.82. The van der Waals surface area contributed by atoms with Crippen molar-refractivity contribution in [3.63, 3.8) is 0 Å². The second kappa shape index (κ2) is 4.79. The molecular weight excluding hydrogens is 210 g/mol. The van der Waals surface area contributed by atoms with E-state index in [9.17, 15) is 0 Å². The van der Waals surface area contributed by atoms with Gasteiger partial charge in [-0.1, -0.05) is 30.3 Å². The molecule has 0 saturated carbocycles. The largest absolute Gasteiger partial charge is 0.375 e. The molecule has 1 unspecified atom stereocenters. The maximum Gasteiger partial charge on any atom is 0.0710 e. The van der Waals surface area contributed by atoms with Crippen LogP contribution in [0.25, 0.3) is 0 Å². The van der Waals surface area contributed by atoms with Gasteiger partial charge in [0.25, 0.3) is 0 Å². The minimum atomic E-state index is 0.213. The highest BCUT2D eigenvalue weighted by molar-refractivity contribution is 5.15. The Bertz CT molecular complexity index is 356. The van der Waals surface area contributed by atoms with Gasteiger partial charge in [0.15, 0.2) is 0 Å². The number of nitrogens with one attached hydrogen (secondary N) is 1. The highest BCUT2D eigenvalue weighted by Crippen LogP contribution is 2.38. The highest BCUT2D eigenvalue weighted by Gasteiger charge is 2.40. The van der Waals surface area contributed by atoms with Crippen molar-refractivity contribution in [2.45, 2.75) is 31.3 Å². The van der Waals surface area contributed by atoms with Crippen molar-refractivity contribution < 1.29 is 4.74 Å². The van der Waals surface area contributed by atoms with Gasteiger partial charge in [-0.05, 0) is 50.3 Å². The lowest BCUT2D eigenvalue weighted by molar-refractivity contribution is -0.0196. The molecule has 0 bridgehead atoms. The molecule has 0 amide bonds. The SMILES string of the molecule is c1ccc(CC2COC3(CCNCC3)C2)cc1. The maximum absolute atomic E-state index is 6.13.